The van der Waals surface area contributed by atoms with Gasteiger partial charge in [0.2, 0.25) is 0 Å². The van der Waals surface area contributed by atoms with Crippen molar-refractivity contribution >= 4 is 21.7 Å². The number of rotatable bonds is 1. The molecule has 0 bridgehead atoms. The molecule has 6 nitrogen and oxygen atoms in total. The van der Waals surface area contributed by atoms with E-state index in [1.807, 2.05) is 66.7 Å². The summed E-state index contributed by atoms with van der Waals surface area (Å²) in [5, 5.41) is 2.65. The van der Waals surface area contributed by atoms with Gasteiger partial charge in [0, 0.05) is 17.0 Å². The van der Waals surface area contributed by atoms with E-state index in [1.165, 1.54) is 0 Å². The van der Waals surface area contributed by atoms with Gasteiger partial charge in [-0.05, 0) is 11.5 Å². The van der Waals surface area contributed by atoms with Crippen LogP contribution in [0.2, 0.25) is 0 Å². The second-order valence-corrected chi connectivity index (χ2v) is 6.19. The van der Waals surface area contributed by atoms with E-state index < -0.39 is 10.2 Å². The fourth-order valence-corrected chi connectivity index (χ4v) is 2.63. The molecule has 132 valence electrons. The summed E-state index contributed by atoms with van der Waals surface area (Å²) in [6, 6.07) is 23.0. The van der Waals surface area contributed by atoms with Crippen molar-refractivity contribution in [3.05, 3.63) is 83.0 Å². The third kappa shape index (κ3) is 4.26. The molecule has 0 aliphatic carbocycles. The second-order valence-electron chi connectivity index (χ2n) is 5.40. The summed E-state index contributed by atoms with van der Waals surface area (Å²) < 4.78 is 38.8. The molecular weight excluding hydrogens is 360 g/mol. The Balaban J connectivity index is 0.000000349. The molecule has 0 radical (unpaired) electrons. The zero-order valence-corrected chi connectivity index (χ0v) is 14.1. The maximum absolute atomic E-state index is 12.4. The highest BCUT2D eigenvalue weighted by molar-refractivity contribution is 6.04. The van der Waals surface area contributed by atoms with Gasteiger partial charge < -0.3 is 4.42 Å². The third-order valence-electron chi connectivity index (χ3n) is 3.68. The highest BCUT2D eigenvalue weighted by Crippen LogP contribution is 2.27. The monoisotopic (exact) mass is 372 g/mol. The third-order valence-corrected chi connectivity index (χ3v) is 3.68. The first-order valence-corrected chi connectivity index (χ1v) is 8.73. The predicted octanol–water partition coefficient (Wildman–Crippen LogP) is 0.489. The normalized spacial score (nSPS) is 11.2. The second kappa shape index (κ2) is 7.25. The molecule has 4 rings (SSSR count). The molecule has 1 aromatic heterocycles. The lowest BCUT2D eigenvalue weighted by molar-refractivity contribution is -1.92. The van der Waals surface area contributed by atoms with E-state index in [1.54, 1.807) is 6.07 Å². The van der Waals surface area contributed by atoms with Crippen LogP contribution in [0.5, 0.6) is 0 Å². The average Bonchev–Trinajstić information content (AvgIpc) is 2.61. The number of benzene rings is 3. The van der Waals surface area contributed by atoms with Gasteiger partial charge in [-0.25, -0.2) is 0 Å². The fraction of sp³-hybridized carbons (Fsp3) is 0. The maximum atomic E-state index is 12.4. The lowest BCUT2D eigenvalue weighted by Gasteiger charge is -2.06. The number of hydrogen-bond acceptors (Lipinski definition) is 6. The Morgan fingerprint density at radius 2 is 1.42 bits per heavy atom. The smallest absolute Gasteiger partial charge is 0.193 e. The highest BCUT2D eigenvalue weighted by Gasteiger charge is 2.09. The molecule has 0 fully saturated rings. The molecule has 0 saturated heterocycles. The largest absolute Gasteiger partial charge is 0.455 e. The van der Waals surface area contributed by atoms with Crippen LogP contribution in [0.25, 0.3) is 33.1 Å². The van der Waals surface area contributed by atoms with Crippen molar-refractivity contribution in [1.82, 2.24) is 0 Å². The molecule has 1 heterocycles. The van der Waals surface area contributed by atoms with Gasteiger partial charge in [-0.1, -0.05) is 60.7 Å². The first-order valence-electron chi connectivity index (χ1n) is 7.47. The molecule has 0 aliphatic rings. The van der Waals surface area contributed by atoms with E-state index in [9.17, 15) is 4.79 Å². The summed E-state index contributed by atoms with van der Waals surface area (Å²) in [4.78, 5) is 12.4. The summed E-state index contributed by atoms with van der Waals surface area (Å²) in [5.41, 5.74) is 1.55. The van der Waals surface area contributed by atoms with E-state index in [-0.39, 0.29) is 5.43 Å². The maximum Gasteiger partial charge on any atom is 0.193 e. The van der Waals surface area contributed by atoms with Gasteiger partial charge in [0.25, 0.3) is 0 Å². The molecule has 26 heavy (non-hydrogen) atoms. The van der Waals surface area contributed by atoms with Gasteiger partial charge in [0.1, 0.15) is 11.3 Å². The van der Waals surface area contributed by atoms with Crippen LogP contribution >= 0.6 is 0 Å². The van der Waals surface area contributed by atoms with Crippen molar-refractivity contribution in [1.29, 1.82) is 0 Å². The van der Waals surface area contributed by atoms with Gasteiger partial charge in [-0.2, -0.15) is 14.0 Å². The van der Waals surface area contributed by atoms with Crippen LogP contribution in [0.15, 0.2) is 82.0 Å². The minimum atomic E-state index is -4.69. The van der Waals surface area contributed by atoms with Crippen LogP contribution in [0.1, 0.15) is 0 Å². The molecule has 3 aromatic carbocycles. The first-order chi connectivity index (χ1) is 12.3. The summed E-state index contributed by atoms with van der Waals surface area (Å²) >= 11 is 0. The minimum absolute atomic E-state index is 0.0131. The standard InChI is InChI=1S/C19H12O2.ClHO4/c20-17-12-18(14-7-2-1-3-8-14)21-19-15-9-5-4-6-13(15)10-11-16(17)19;2-1(3,4)5/h1-12H;(H,2,3,4,5). The Morgan fingerprint density at radius 3 is 2.12 bits per heavy atom. The van der Waals surface area contributed by atoms with Crippen LogP contribution in [-0.2, 0) is 0 Å². The molecule has 0 unspecified atom stereocenters. The topological polar surface area (TPSA) is 120 Å². The number of fused-ring (bicyclic) bond motifs is 3. The fourth-order valence-electron chi connectivity index (χ4n) is 2.63. The zero-order chi connectivity index (χ0) is 18.7. The quantitative estimate of drug-likeness (QED) is 0.485. The Bertz CT molecular complexity index is 1090. The van der Waals surface area contributed by atoms with Gasteiger partial charge in [0.05, 0.1) is 20.3 Å². The van der Waals surface area contributed by atoms with Gasteiger partial charge in [0.15, 0.2) is 5.43 Å². The molecule has 4 aromatic rings. The van der Waals surface area contributed by atoms with E-state index >= 15 is 0 Å². The summed E-state index contributed by atoms with van der Waals surface area (Å²) in [5.74, 6) is 0.601. The summed E-state index contributed by atoms with van der Waals surface area (Å²) in [6.07, 6.45) is 0. The van der Waals surface area contributed by atoms with Crippen molar-refractivity contribution < 1.29 is 33.3 Å². The Labute approximate surface area is 149 Å². The van der Waals surface area contributed by atoms with Gasteiger partial charge in [-0.15, -0.1) is 0 Å². The van der Waals surface area contributed by atoms with Crippen molar-refractivity contribution in [2.24, 2.45) is 0 Å². The first kappa shape index (κ1) is 18.1. The van der Waals surface area contributed by atoms with Gasteiger partial charge in [-0.3, -0.25) is 4.79 Å². The van der Waals surface area contributed by atoms with Crippen molar-refractivity contribution in [2.75, 3.05) is 0 Å². The highest BCUT2D eigenvalue weighted by atomic mass is 35.7. The van der Waals surface area contributed by atoms with E-state index in [0.717, 1.165) is 16.3 Å². The molecule has 0 spiro atoms. The Kier molecular flexibility index (Phi) is 5.03. The molecule has 7 heteroatoms. The lowest BCUT2D eigenvalue weighted by atomic mass is 10.1. The molecule has 1 N–H and O–H groups in total. The van der Waals surface area contributed by atoms with E-state index in [4.69, 9.17) is 23.1 Å². The summed E-state index contributed by atoms with van der Waals surface area (Å²) in [6.45, 7) is 0. The average molecular weight is 373 g/mol. The molecule has 0 aliphatic heterocycles. The number of hydrogen-bond donors (Lipinski definition) is 1. The van der Waals surface area contributed by atoms with Gasteiger partial charge >= 0.3 is 0 Å². The molecule has 0 saturated carbocycles. The van der Waals surface area contributed by atoms with Crippen LogP contribution in [0.3, 0.4) is 0 Å². The predicted molar refractivity (Wildman–Crippen MR) is 87.6 cm³/mol. The lowest BCUT2D eigenvalue weighted by Crippen LogP contribution is -2.58. The summed E-state index contributed by atoms with van der Waals surface area (Å²) in [7, 11) is -4.69. The van der Waals surface area contributed by atoms with Crippen molar-refractivity contribution in [2.45, 2.75) is 0 Å². The zero-order valence-electron chi connectivity index (χ0n) is 13.3. The number of halogens is 1. The Hall–Kier alpha value is -2.74. The molecular formula is C19H13ClO6. The van der Waals surface area contributed by atoms with Crippen molar-refractivity contribution in [3.63, 3.8) is 0 Å². The Morgan fingerprint density at radius 1 is 0.808 bits per heavy atom. The van der Waals surface area contributed by atoms with Crippen LogP contribution < -0.4 is 19.4 Å². The molecule has 0 amide bonds. The van der Waals surface area contributed by atoms with Crippen LogP contribution in [-0.4, -0.2) is 4.66 Å². The van der Waals surface area contributed by atoms with E-state index in [2.05, 4.69) is 0 Å². The van der Waals surface area contributed by atoms with Crippen LogP contribution in [0, 0.1) is 10.2 Å². The van der Waals surface area contributed by atoms with E-state index in [0.29, 0.717) is 16.7 Å². The van der Waals surface area contributed by atoms with Crippen molar-refractivity contribution in [3.8, 4) is 11.3 Å². The minimum Gasteiger partial charge on any atom is -0.455 e. The SMILES string of the molecule is O=c1cc(-c2ccccc2)oc2c1ccc1ccccc12.[O-][Cl+3]([O-])([O-])O. The molecule has 0 atom stereocenters. The van der Waals surface area contributed by atoms with Crippen LogP contribution in [0.4, 0.5) is 0 Å².